The first-order valence-electron chi connectivity index (χ1n) is 2.97. The van der Waals surface area contributed by atoms with E-state index in [0.717, 1.165) is 10.2 Å². The molecule has 10 heavy (non-hydrogen) atoms. The zero-order valence-electron chi connectivity index (χ0n) is 6.46. The minimum Gasteiger partial charge on any atom is -0.281 e. The van der Waals surface area contributed by atoms with E-state index >= 15 is 0 Å². The Balaban J connectivity index is 2.81. The average molecular weight is 157 g/mol. The molecule has 0 radical (unpaired) electrons. The second-order valence-corrected chi connectivity index (χ2v) is 3.09. The highest BCUT2D eigenvalue weighted by molar-refractivity contribution is 8.17. The third-order valence-corrected chi connectivity index (χ3v) is 2.62. The van der Waals surface area contributed by atoms with Crippen LogP contribution in [0, 0.1) is 0 Å². The molecule has 0 aliphatic carbocycles. The second-order valence-electron chi connectivity index (χ2n) is 2.05. The normalized spacial score (nSPS) is 23.1. The second kappa shape index (κ2) is 2.54. The molecule has 1 rings (SSSR count). The van der Waals surface area contributed by atoms with Crippen LogP contribution in [0.5, 0.6) is 0 Å². The molecule has 3 nitrogen and oxygen atoms in total. The summed E-state index contributed by atoms with van der Waals surface area (Å²) in [6, 6.07) is 0. The van der Waals surface area contributed by atoms with Gasteiger partial charge in [0.15, 0.2) is 5.17 Å². The summed E-state index contributed by atoms with van der Waals surface area (Å²) in [6.45, 7) is 3.85. The molecule has 0 atom stereocenters. The number of aliphatic imine (C=N–C) groups is 1. The lowest BCUT2D eigenvalue weighted by Crippen LogP contribution is -2.30. The van der Waals surface area contributed by atoms with Crippen molar-refractivity contribution < 1.29 is 0 Å². The van der Waals surface area contributed by atoms with Crippen LogP contribution in [0.3, 0.4) is 0 Å². The van der Waals surface area contributed by atoms with Gasteiger partial charge < -0.3 is 0 Å². The summed E-state index contributed by atoms with van der Waals surface area (Å²) in [5.74, 6) is 0. The van der Waals surface area contributed by atoms with Crippen molar-refractivity contribution in [3.05, 3.63) is 11.6 Å². The van der Waals surface area contributed by atoms with Gasteiger partial charge in [0.05, 0.1) is 5.03 Å². The smallest absolute Gasteiger partial charge is 0.184 e. The highest BCUT2D eigenvalue weighted by Gasteiger charge is 2.23. The van der Waals surface area contributed by atoms with Crippen LogP contribution in [-0.4, -0.2) is 36.3 Å². The van der Waals surface area contributed by atoms with Crippen molar-refractivity contribution in [1.29, 1.82) is 0 Å². The Morgan fingerprint density at radius 1 is 1.40 bits per heavy atom. The van der Waals surface area contributed by atoms with Crippen LogP contribution in [0.2, 0.25) is 0 Å². The van der Waals surface area contributed by atoms with E-state index in [4.69, 9.17) is 0 Å². The van der Waals surface area contributed by atoms with Gasteiger partial charge in [-0.2, -0.15) is 0 Å². The quantitative estimate of drug-likeness (QED) is 0.522. The Hall–Kier alpha value is -0.640. The first kappa shape index (κ1) is 7.47. The molecule has 0 amide bonds. The summed E-state index contributed by atoms with van der Waals surface area (Å²) in [5, 5.41) is 5.94. The number of amidine groups is 1. The molecular weight excluding hydrogens is 146 g/mol. The maximum atomic E-state index is 4.07. The van der Waals surface area contributed by atoms with Crippen molar-refractivity contribution >= 4 is 16.9 Å². The maximum Gasteiger partial charge on any atom is 0.184 e. The molecule has 0 bridgehead atoms. The van der Waals surface area contributed by atoms with Crippen molar-refractivity contribution in [3.8, 4) is 0 Å². The molecule has 4 heteroatoms. The van der Waals surface area contributed by atoms with Gasteiger partial charge in [-0.1, -0.05) is 6.58 Å². The van der Waals surface area contributed by atoms with E-state index in [2.05, 4.69) is 11.6 Å². The minimum atomic E-state index is 0.993. The Morgan fingerprint density at radius 3 is 2.20 bits per heavy atom. The van der Waals surface area contributed by atoms with E-state index in [-0.39, 0.29) is 0 Å². The first-order valence-corrected chi connectivity index (χ1v) is 3.79. The summed E-state index contributed by atoms with van der Waals surface area (Å²) >= 11 is 1.59. The van der Waals surface area contributed by atoms with E-state index in [9.17, 15) is 0 Å². The average Bonchev–Trinajstić information content (AvgIpc) is 2.17. The topological polar surface area (TPSA) is 18.8 Å². The number of thioether (sulfide) groups is 1. The van der Waals surface area contributed by atoms with Gasteiger partial charge in [-0.25, -0.2) is 0 Å². The van der Waals surface area contributed by atoms with Gasteiger partial charge in [0.2, 0.25) is 0 Å². The summed E-state index contributed by atoms with van der Waals surface area (Å²) < 4.78 is 0. The van der Waals surface area contributed by atoms with Crippen molar-refractivity contribution in [3.63, 3.8) is 0 Å². The van der Waals surface area contributed by atoms with E-state index < -0.39 is 0 Å². The SMILES string of the molecule is C=C1SC(=NC)N(C)N1C. The van der Waals surface area contributed by atoms with Crippen molar-refractivity contribution in [2.45, 2.75) is 0 Å². The highest BCUT2D eigenvalue weighted by Crippen LogP contribution is 2.29. The molecule has 0 aromatic rings. The molecule has 0 N–H and O–H groups in total. The lowest BCUT2D eigenvalue weighted by Gasteiger charge is -2.20. The van der Waals surface area contributed by atoms with Crippen LogP contribution in [0.1, 0.15) is 0 Å². The number of hydrazine groups is 1. The Bertz CT molecular complexity index is 187. The van der Waals surface area contributed by atoms with Crippen molar-refractivity contribution in [2.24, 2.45) is 4.99 Å². The van der Waals surface area contributed by atoms with Gasteiger partial charge in [0.25, 0.3) is 0 Å². The van der Waals surface area contributed by atoms with Crippen LogP contribution >= 0.6 is 11.8 Å². The lowest BCUT2D eigenvalue weighted by atomic mass is 10.9. The number of rotatable bonds is 0. The standard InChI is InChI=1S/C6H11N3S/c1-5-8(3)9(4)6(7-2)10-5/h1H2,2-4H3. The molecule has 1 fully saturated rings. The minimum absolute atomic E-state index is 0.993. The molecular formula is C6H11N3S. The first-order chi connectivity index (χ1) is 4.66. The Labute approximate surface area is 65.4 Å². The van der Waals surface area contributed by atoms with Gasteiger partial charge in [-0.3, -0.25) is 15.0 Å². The fourth-order valence-electron chi connectivity index (χ4n) is 0.723. The molecule has 0 spiro atoms. The Morgan fingerprint density at radius 2 is 2.00 bits per heavy atom. The lowest BCUT2D eigenvalue weighted by molar-refractivity contribution is 0.182. The molecule has 0 unspecified atom stereocenters. The number of hydrogen-bond acceptors (Lipinski definition) is 3. The summed E-state index contributed by atoms with van der Waals surface area (Å²) in [4.78, 5) is 4.07. The van der Waals surface area contributed by atoms with Gasteiger partial charge in [-0.05, 0) is 11.8 Å². The molecule has 0 aromatic carbocycles. The van der Waals surface area contributed by atoms with Crippen LogP contribution in [0.4, 0.5) is 0 Å². The van der Waals surface area contributed by atoms with Gasteiger partial charge >= 0.3 is 0 Å². The predicted octanol–water partition coefficient (Wildman–Crippen LogP) is 0.969. The zero-order chi connectivity index (χ0) is 7.72. The molecule has 1 heterocycles. The van der Waals surface area contributed by atoms with E-state index in [1.54, 1.807) is 18.8 Å². The monoisotopic (exact) mass is 157 g/mol. The highest BCUT2D eigenvalue weighted by atomic mass is 32.2. The fraction of sp³-hybridized carbons (Fsp3) is 0.500. The molecule has 0 aromatic heterocycles. The third kappa shape index (κ3) is 0.988. The maximum absolute atomic E-state index is 4.07. The van der Waals surface area contributed by atoms with Crippen LogP contribution in [0.15, 0.2) is 16.6 Å². The van der Waals surface area contributed by atoms with Crippen LogP contribution < -0.4 is 0 Å². The summed E-state index contributed by atoms with van der Waals surface area (Å²) in [7, 11) is 5.71. The largest absolute Gasteiger partial charge is 0.281 e. The van der Waals surface area contributed by atoms with Gasteiger partial charge in [-0.15, -0.1) is 0 Å². The van der Waals surface area contributed by atoms with Crippen molar-refractivity contribution in [1.82, 2.24) is 10.0 Å². The Kier molecular flexibility index (Phi) is 1.89. The number of hydrogen-bond donors (Lipinski definition) is 0. The zero-order valence-corrected chi connectivity index (χ0v) is 7.27. The van der Waals surface area contributed by atoms with Gasteiger partial charge in [0, 0.05) is 21.1 Å². The molecule has 1 aliphatic rings. The van der Waals surface area contributed by atoms with Crippen LogP contribution in [-0.2, 0) is 0 Å². The van der Waals surface area contributed by atoms with Crippen LogP contribution in [0.25, 0.3) is 0 Å². The van der Waals surface area contributed by atoms with E-state index in [0.29, 0.717) is 0 Å². The third-order valence-electron chi connectivity index (χ3n) is 1.49. The fourth-order valence-corrected chi connectivity index (χ4v) is 1.53. The summed E-state index contributed by atoms with van der Waals surface area (Å²) in [6.07, 6.45) is 0. The molecule has 1 saturated heterocycles. The van der Waals surface area contributed by atoms with E-state index in [1.165, 1.54) is 0 Å². The summed E-state index contributed by atoms with van der Waals surface area (Å²) in [5.41, 5.74) is 0. The number of nitrogens with zero attached hydrogens (tertiary/aromatic N) is 3. The molecule has 56 valence electrons. The van der Waals surface area contributed by atoms with Crippen molar-refractivity contribution in [2.75, 3.05) is 21.1 Å². The van der Waals surface area contributed by atoms with Gasteiger partial charge in [0.1, 0.15) is 0 Å². The molecule has 1 aliphatic heterocycles. The predicted molar refractivity (Wildman–Crippen MR) is 45.6 cm³/mol. The molecule has 0 saturated carbocycles. The van der Waals surface area contributed by atoms with E-state index in [1.807, 2.05) is 24.1 Å².